The molecule has 2 aliphatic rings. The molecule has 150 valence electrons. The normalized spacial score (nSPS) is 19.4. The van der Waals surface area contributed by atoms with Crippen molar-refractivity contribution in [3.05, 3.63) is 64.7 Å². The van der Waals surface area contributed by atoms with Gasteiger partial charge in [0.25, 0.3) is 0 Å². The van der Waals surface area contributed by atoms with Crippen LogP contribution in [-0.2, 0) is 6.42 Å². The van der Waals surface area contributed by atoms with E-state index in [1.165, 1.54) is 61.8 Å². The van der Waals surface area contributed by atoms with E-state index in [9.17, 15) is 5.11 Å². The van der Waals surface area contributed by atoms with Crippen molar-refractivity contribution in [3.63, 3.8) is 0 Å². The molecule has 0 unspecified atom stereocenters. The molecule has 2 aromatic rings. The van der Waals surface area contributed by atoms with Crippen molar-refractivity contribution < 1.29 is 5.11 Å². The van der Waals surface area contributed by atoms with Gasteiger partial charge in [0.15, 0.2) is 0 Å². The fourth-order valence-electron chi connectivity index (χ4n) is 4.90. The van der Waals surface area contributed by atoms with Crippen molar-refractivity contribution in [2.45, 2.75) is 51.4 Å². The quantitative estimate of drug-likeness (QED) is 0.611. The number of hydrogen-bond donors (Lipinski definition) is 1. The molecule has 1 heterocycles. The summed E-state index contributed by atoms with van der Waals surface area (Å²) in [6.07, 6.45) is 9.60. The average Bonchev–Trinajstić information content (AvgIpc) is 2.71. The molecule has 0 radical (unpaired) electrons. The van der Waals surface area contributed by atoms with Crippen molar-refractivity contribution in [2.75, 3.05) is 24.6 Å². The fraction of sp³-hybridized carbons (Fsp3) is 0.520. The van der Waals surface area contributed by atoms with Crippen LogP contribution in [0.4, 0.5) is 5.69 Å². The summed E-state index contributed by atoms with van der Waals surface area (Å²) < 4.78 is 0. The van der Waals surface area contributed by atoms with E-state index in [1.54, 1.807) is 0 Å². The Kier molecular flexibility index (Phi) is 6.28. The van der Waals surface area contributed by atoms with Crippen molar-refractivity contribution in [2.24, 2.45) is 11.3 Å². The van der Waals surface area contributed by atoms with Crippen molar-refractivity contribution in [3.8, 4) is 0 Å². The lowest BCUT2D eigenvalue weighted by Gasteiger charge is -2.42. The zero-order valence-corrected chi connectivity index (χ0v) is 17.5. The van der Waals surface area contributed by atoms with Crippen LogP contribution in [0.5, 0.6) is 0 Å². The van der Waals surface area contributed by atoms with Crippen molar-refractivity contribution in [1.82, 2.24) is 0 Å². The summed E-state index contributed by atoms with van der Waals surface area (Å²) in [7, 11) is 0. The Labute approximate surface area is 174 Å². The molecule has 2 nitrogen and oxygen atoms in total. The highest BCUT2D eigenvalue weighted by Gasteiger charge is 2.36. The molecule has 0 bridgehead atoms. The summed E-state index contributed by atoms with van der Waals surface area (Å²) in [5, 5.41) is 10.6. The van der Waals surface area contributed by atoms with Crippen LogP contribution in [0.15, 0.2) is 48.5 Å². The molecule has 4 rings (SSSR count). The van der Waals surface area contributed by atoms with Gasteiger partial charge in [-0.2, -0.15) is 0 Å². The summed E-state index contributed by atoms with van der Waals surface area (Å²) in [5.41, 5.74) is 3.97. The van der Waals surface area contributed by atoms with Gasteiger partial charge in [-0.15, -0.1) is 0 Å². The van der Waals surface area contributed by atoms with Gasteiger partial charge in [-0.25, -0.2) is 0 Å². The first kappa shape index (κ1) is 19.8. The Morgan fingerprint density at radius 2 is 1.75 bits per heavy atom. The van der Waals surface area contributed by atoms with E-state index in [4.69, 9.17) is 11.6 Å². The predicted octanol–water partition coefficient (Wildman–Crippen LogP) is 6.09. The number of hydrogen-bond acceptors (Lipinski definition) is 2. The lowest BCUT2D eigenvalue weighted by molar-refractivity contribution is 0.0289. The Hall–Kier alpha value is -1.51. The van der Waals surface area contributed by atoms with E-state index >= 15 is 0 Å². The SMILES string of the molecule is OCC1(CCC2CCN(c3cccc(Cc4ccccc4)c3Cl)CC2)CCC1. The molecule has 3 heteroatoms. The van der Waals surface area contributed by atoms with Gasteiger partial charge >= 0.3 is 0 Å². The first-order valence-corrected chi connectivity index (χ1v) is 11.2. The lowest BCUT2D eigenvalue weighted by Crippen LogP contribution is -2.36. The van der Waals surface area contributed by atoms with Gasteiger partial charge in [-0.05, 0) is 73.5 Å². The average molecular weight is 398 g/mol. The molecule has 28 heavy (non-hydrogen) atoms. The molecule has 1 saturated heterocycles. The monoisotopic (exact) mass is 397 g/mol. The minimum absolute atomic E-state index is 0.270. The third-order valence-electron chi connectivity index (χ3n) is 7.08. The minimum Gasteiger partial charge on any atom is -0.396 e. The maximum atomic E-state index is 9.70. The second-order valence-corrected chi connectivity index (χ2v) is 9.27. The first-order valence-electron chi connectivity index (χ1n) is 10.9. The smallest absolute Gasteiger partial charge is 0.0674 e. The zero-order valence-electron chi connectivity index (χ0n) is 16.7. The molecular weight excluding hydrogens is 366 g/mol. The van der Waals surface area contributed by atoms with Crippen LogP contribution in [0.1, 0.15) is 56.1 Å². The van der Waals surface area contributed by atoms with E-state index in [0.29, 0.717) is 6.61 Å². The third kappa shape index (κ3) is 4.39. The summed E-state index contributed by atoms with van der Waals surface area (Å²) in [4.78, 5) is 2.47. The van der Waals surface area contributed by atoms with Gasteiger partial charge in [0, 0.05) is 19.7 Å². The van der Waals surface area contributed by atoms with Gasteiger partial charge in [0.2, 0.25) is 0 Å². The molecule has 0 atom stereocenters. The molecule has 2 aromatic carbocycles. The summed E-state index contributed by atoms with van der Waals surface area (Å²) >= 11 is 6.83. The van der Waals surface area contributed by atoms with E-state index in [2.05, 4.69) is 53.4 Å². The van der Waals surface area contributed by atoms with Gasteiger partial charge in [0.1, 0.15) is 0 Å². The second kappa shape index (κ2) is 8.88. The number of rotatable bonds is 7. The summed E-state index contributed by atoms with van der Waals surface area (Å²) in [6, 6.07) is 17.0. The van der Waals surface area contributed by atoms with Crippen LogP contribution >= 0.6 is 11.6 Å². The predicted molar refractivity (Wildman–Crippen MR) is 118 cm³/mol. The zero-order chi connectivity index (χ0) is 19.4. The number of anilines is 1. The third-order valence-corrected chi connectivity index (χ3v) is 7.52. The van der Waals surface area contributed by atoms with Crippen LogP contribution in [0.25, 0.3) is 0 Å². The molecule has 0 aromatic heterocycles. The molecule has 0 spiro atoms. The van der Waals surface area contributed by atoms with Crippen molar-refractivity contribution >= 4 is 17.3 Å². The van der Waals surface area contributed by atoms with Gasteiger partial charge in [0.05, 0.1) is 10.7 Å². The second-order valence-electron chi connectivity index (χ2n) is 8.89. The molecule has 1 N–H and O–H groups in total. The lowest BCUT2D eigenvalue weighted by atomic mass is 9.65. The Morgan fingerprint density at radius 1 is 1.00 bits per heavy atom. The molecule has 1 aliphatic carbocycles. The summed E-state index contributed by atoms with van der Waals surface area (Å²) in [5.74, 6) is 0.798. The number of piperidine rings is 1. The number of aliphatic hydroxyl groups excluding tert-OH is 1. The number of halogens is 1. The molecule has 2 fully saturated rings. The van der Waals surface area contributed by atoms with Crippen molar-refractivity contribution in [1.29, 1.82) is 0 Å². The van der Waals surface area contributed by atoms with Gasteiger partial charge in [-0.1, -0.05) is 60.5 Å². The molecule has 0 amide bonds. The number of nitrogens with zero attached hydrogens (tertiary/aromatic N) is 1. The largest absolute Gasteiger partial charge is 0.396 e. The van der Waals surface area contributed by atoms with E-state index < -0.39 is 0 Å². The van der Waals surface area contributed by atoms with E-state index in [1.807, 2.05) is 0 Å². The standard InChI is InChI=1S/C25H32ClNO/c26-24-22(18-21-6-2-1-3-7-21)8-4-9-23(24)27-16-11-20(12-17-27)10-15-25(19-28)13-5-14-25/h1-4,6-9,20,28H,5,10-19H2. The fourth-order valence-corrected chi connectivity index (χ4v) is 5.21. The van der Waals surface area contributed by atoms with Crippen LogP contribution in [-0.4, -0.2) is 24.8 Å². The van der Waals surface area contributed by atoms with E-state index in [0.717, 1.165) is 30.5 Å². The molecule has 1 aliphatic heterocycles. The molecular formula is C25H32ClNO. The van der Waals surface area contributed by atoms with Gasteiger partial charge < -0.3 is 10.0 Å². The van der Waals surface area contributed by atoms with Crippen LogP contribution in [0.2, 0.25) is 5.02 Å². The summed E-state index contributed by atoms with van der Waals surface area (Å²) in [6.45, 7) is 2.56. The topological polar surface area (TPSA) is 23.5 Å². The molecule has 1 saturated carbocycles. The highest BCUT2D eigenvalue weighted by atomic mass is 35.5. The number of benzene rings is 2. The van der Waals surface area contributed by atoms with Crippen LogP contribution in [0, 0.1) is 11.3 Å². The highest BCUT2D eigenvalue weighted by molar-refractivity contribution is 6.34. The minimum atomic E-state index is 0.270. The highest BCUT2D eigenvalue weighted by Crippen LogP contribution is 2.45. The first-order chi connectivity index (χ1) is 13.7. The van der Waals surface area contributed by atoms with E-state index in [-0.39, 0.29) is 5.41 Å². The van der Waals surface area contributed by atoms with Crippen LogP contribution in [0.3, 0.4) is 0 Å². The van der Waals surface area contributed by atoms with Crippen LogP contribution < -0.4 is 4.90 Å². The van der Waals surface area contributed by atoms with Gasteiger partial charge in [-0.3, -0.25) is 0 Å². The maximum absolute atomic E-state index is 9.70. The Morgan fingerprint density at radius 3 is 2.39 bits per heavy atom. The maximum Gasteiger partial charge on any atom is 0.0674 e. The Balaban J connectivity index is 1.35. The number of aliphatic hydroxyl groups is 1. The Bertz CT molecular complexity index is 758.